The van der Waals surface area contributed by atoms with Crippen LogP contribution >= 0.6 is 22.6 Å². The standard InChI is InChI=1S/C9H14IN3O/c1-6(2)4-13(3)8-7(10)9(14)12-5-11-8/h5-6H,4H2,1-3H3,(H,11,12,14). The van der Waals surface area contributed by atoms with E-state index in [1.807, 2.05) is 34.5 Å². The van der Waals surface area contributed by atoms with Crippen molar-refractivity contribution >= 4 is 28.4 Å². The van der Waals surface area contributed by atoms with Crippen LogP contribution in [-0.4, -0.2) is 23.6 Å². The maximum atomic E-state index is 11.3. The highest BCUT2D eigenvalue weighted by Crippen LogP contribution is 2.14. The predicted molar refractivity (Wildman–Crippen MR) is 65.7 cm³/mol. The van der Waals surface area contributed by atoms with Crippen molar-refractivity contribution < 1.29 is 0 Å². The minimum Gasteiger partial charge on any atom is -0.358 e. The molecule has 78 valence electrons. The van der Waals surface area contributed by atoms with Crippen LogP contribution in [0.4, 0.5) is 5.82 Å². The second-order valence-electron chi connectivity index (χ2n) is 3.64. The van der Waals surface area contributed by atoms with Gasteiger partial charge in [0.25, 0.3) is 5.56 Å². The third-order valence-electron chi connectivity index (χ3n) is 1.78. The number of hydrogen-bond acceptors (Lipinski definition) is 3. The molecule has 0 aliphatic heterocycles. The van der Waals surface area contributed by atoms with Crippen LogP contribution in [0.25, 0.3) is 0 Å². The van der Waals surface area contributed by atoms with Gasteiger partial charge in [0, 0.05) is 13.6 Å². The number of nitrogens with zero attached hydrogens (tertiary/aromatic N) is 2. The monoisotopic (exact) mass is 307 g/mol. The third-order valence-corrected chi connectivity index (χ3v) is 2.75. The van der Waals surface area contributed by atoms with E-state index in [1.165, 1.54) is 6.33 Å². The zero-order chi connectivity index (χ0) is 10.7. The molecule has 1 rings (SSSR count). The van der Waals surface area contributed by atoms with E-state index in [-0.39, 0.29) is 5.56 Å². The van der Waals surface area contributed by atoms with Crippen LogP contribution in [-0.2, 0) is 0 Å². The molecule has 0 amide bonds. The molecule has 0 radical (unpaired) electrons. The molecule has 0 aliphatic rings. The van der Waals surface area contributed by atoms with Gasteiger partial charge in [-0.1, -0.05) is 13.8 Å². The van der Waals surface area contributed by atoms with Gasteiger partial charge in [0.2, 0.25) is 0 Å². The lowest BCUT2D eigenvalue weighted by molar-refractivity contribution is 0.633. The Bertz CT molecular complexity index is 361. The summed E-state index contributed by atoms with van der Waals surface area (Å²) >= 11 is 2.02. The molecular weight excluding hydrogens is 293 g/mol. The molecule has 0 bridgehead atoms. The molecule has 4 nitrogen and oxygen atoms in total. The fourth-order valence-corrected chi connectivity index (χ4v) is 1.98. The van der Waals surface area contributed by atoms with Gasteiger partial charge in [-0.05, 0) is 28.5 Å². The maximum absolute atomic E-state index is 11.3. The van der Waals surface area contributed by atoms with E-state index in [2.05, 4.69) is 23.8 Å². The molecule has 5 heteroatoms. The minimum absolute atomic E-state index is 0.0776. The van der Waals surface area contributed by atoms with E-state index in [9.17, 15) is 4.79 Å². The van der Waals surface area contributed by atoms with E-state index < -0.39 is 0 Å². The molecule has 0 fully saturated rings. The van der Waals surface area contributed by atoms with Gasteiger partial charge in [0.1, 0.15) is 9.39 Å². The first-order valence-corrected chi connectivity index (χ1v) is 5.54. The highest BCUT2D eigenvalue weighted by atomic mass is 127. The van der Waals surface area contributed by atoms with E-state index in [4.69, 9.17) is 0 Å². The third kappa shape index (κ3) is 2.70. The molecule has 0 spiro atoms. The number of anilines is 1. The van der Waals surface area contributed by atoms with E-state index in [1.54, 1.807) is 0 Å². The molecule has 1 N–H and O–H groups in total. The molecule has 0 aliphatic carbocycles. The number of halogens is 1. The summed E-state index contributed by atoms with van der Waals surface area (Å²) in [6, 6.07) is 0. The number of H-pyrrole nitrogens is 1. The summed E-state index contributed by atoms with van der Waals surface area (Å²) in [7, 11) is 1.95. The second-order valence-corrected chi connectivity index (χ2v) is 4.72. The first-order chi connectivity index (χ1) is 6.52. The Morgan fingerprint density at radius 1 is 1.64 bits per heavy atom. The summed E-state index contributed by atoms with van der Waals surface area (Å²) in [5.74, 6) is 1.31. The molecule has 1 aromatic rings. The zero-order valence-electron chi connectivity index (χ0n) is 8.54. The lowest BCUT2D eigenvalue weighted by atomic mass is 10.2. The molecular formula is C9H14IN3O. The van der Waals surface area contributed by atoms with Crippen molar-refractivity contribution in [2.24, 2.45) is 5.92 Å². The van der Waals surface area contributed by atoms with Crippen LogP contribution in [0, 0.1) is 9.49 Å². The normalized spacial score (nSPS) is 10.6. The summed E-state index contributed by atoms with van der Waals surface area (Å²) in [4.78, 5) is 20.0. The number of aromatic nitrogens is 2. The number of hydrogen-bond donors (Lipinski definition) is 1. The van der Waals surface area contributed by atoms with Gasteiger partial charge in [-0.15, -0.1) is 0 Å². The van der Waals surface area contributed by atoms with Gasteiger partial charge in [-0.25, -0.2) is 4.98 Å². The van der Waals surface area contributed by atoms with Crippen molar-refractivity contribution in [1.82, 2.24) is 9.97 Å². The molecule has 1 aromatic heterocycles. The van der Waals surface area contributed by atoms with E-state index >= 15 is 0 Å². The Morgan fingerprint density at radius 3 is 2.86 bits per heavy atom. The minimum atomic E-state index is -0.0776. The first-order valence-electron chi connectivity index (χ1n) is 4.46. The largest absolute Gasteiger partial charge is 0.358 e. The smallest absolute Gasteiger partial charge is 0.266 e. The van der Waals surface area contributed by atoms with Crippen molar-refractivity contribution in [3.8, 4) is 0 Å². The Labute approximate surface area is 96.9 Å². The second kappa shape index (κ2) is 4.77. The van der Waals surface area contributed by atoms with Crippen molar-refractivity contribution in [2.75, 3.05) is 18.5 Å². The summed E-state index contributed by atoms with van der Waals surface area (Å²) in [6.07, 6.45) is 1.44. The molecule has 0 atom stereocenters. The fraction of sp³-hybridized carbons (Fsp3) is 0.556. The van der Waals surface area contributed by atoms with Gasteiger partial charge in [0.05, 0.1) is 6.33 Å². The van der Waals surface area contributed by atoms with Crippen molar-refractivity contribution in [3.05, 3.63) is 20.3 Å². The fourth-order valence-electron chi connectivity index (χ4n) is 1.27. The highest BCUT2D eigenvalue weighted by molar-refractivity contribution is 14.1. The SMILES string of the molecule is CC(C)CN(C)c1nc[nH]c(=O)c1I. The summed E-state index contributed by atoms with van der Waals surface area (Å²) in [6.45, 7) is 5.17. The zero-order valence-corrected chi connectivity index (χ0v) is 10.7. The van der Waals surface area contributed by atoms with Crippen LogP contribution in [0.2, 0.25) is 0 Å². The predicted octanol–water partition coefficient (Wildman–Crippen LogP) is 1.47. The summed E-state index contributed by atoms with van der Waals surface area (Å²) in [5.41, 5.74) is -0.0776. The Morgan fingerprint density at radius 2 is 2.29 bits per heavy atom. The molecule has 0 aromatic carbocycles. The molecule has 0 saturated carbocycles. The quantitative estimate of drug-likeness (QED) is 0.860. The Kier molecular flexibility index (Phi) is 3.91. The topological polar surface area (TPSA) is 49.0 Å². The van der Waals surface area contributed by atoms with E-state index in [0.29, 0.717) is 9.49 Å². The number of nitrogens with one attached hydrogen (secondary N) is 1. The van der Waals surface area contributed by atoms with Crippen LogP contribution in [0.5, 0.6) is 0 Å². The molecule has 1 heterocycles. The van der Waals surface area contributed by atoms with Crippen LogP contribution in [0.15, 0.2) is 11.1 Å². The van der Waals surface area contributed by atoms with Crippen molar-refractivity contribution in [1.29, 1.82) is 0 Å². The average molecular weight is 307 g/mol. The van der Waals surface area contributed by atoms with Gasteiger partial charge < -0.3 is 9.88 Å². The summed E-state index contributed by atoms with van der Waals surface area (Å²) in [5, 5.41) is 0. The number of rotatable bonds is 3. The highest BCUT2D eigenvalue weighted by Gasteiger charge is 2.10. The molecule has 14 heavy (non-hydrogen) atoms. The van der Waals surface area contributed by atoms with Crippen LogP contribution < -0.4 is 10.5 Å². The number of aromatic amines is 1. The maximum Gasteiger partial charge on any atom is 0.266 e. The lowest BCUT2D eigenvalue weighted by Crippen LogP contribution is -2.27. The lowest BCUT2D eigenvalue weighted by Gasteiger charge is -2.20. The van der Waals surface area contributed by atoms with Gasteiger partial charge in [-0.2, -0.15) is 0 Å². The Hall–Kier alpha value is -0.590. The van der Waals surface area contributed by atoms with Gasteiger partial charge in [-0.3, -0.25) is 4.79 Å². The molecule has 0 unspecified atom stereocenters. The first kappa shape index (κ1) is 11.5. The van der Waals surface area contributed by atoms with Gasteiger partial charge in [0.15, 0.2) is 0 Å². The summed E-state index contributed by atoms with van der Waals surface area (Å²) < 4.78 is 0.647. The van der Waals surface area contributed by atoms with Crippen molar-refractivity contribution in [2.45, 2.75) is 13.8 Å². The molecule has 0 saturated heterocycles. The van der Waals surface area contributed by atoms with Crippen LogP contribution in [0.1, 0.15) is 13.8 Å². The van der Waals surface area contributed by atoms with E-state index in [0.717, 1.165) is 12.4 Å². The van der Waals surface area contributed by atoms with Gasteiger partial charge >= 0.3 is 0 Å². The average Bonchev–Trinajstić information content (AvgIpc) is 2.08. The van der Waals surface area contributed by atoms with Crippen LogP contribution in [0.3, 0.4) is 0 Å². The Balaban J connectivity index is 2.95. The van der Waals surface area contributed by atoms with Crippen molar-refractivity contribution in [3.63, 3.8) is 0 Å².